The van der Waals surface area contributed by atoms with Crippen LogP contribution in [0.25, 0.3) is 0 Å². The minimum atomic E-state index is -0.345. The third kappa shape index (κ3) is 4.94. The number of amides is 1. The van der Waals surface area contributed by atoms with Crippen LogP contribution < -0.4 is 19.6 Å². The minimum absolute atomic E-state index is 0.0979. The highest BCUT2D eigenvalue weighted by molar-refractivity contribution is 5.87. The number of methoxy groups -OCH3 is 3. The van der Waals surface area contributed by atoms with Crippen molar-refractivity contribution in [2.45, 2.75) is 6.42 Å². The Bertz CT molecular complexity index is 760. The molecule has 1 amide bonds. The molecule has 1 N–H and O–H groups in total. The van der Waals surface area contributed by atoms with Gasteiger partial charge in [0.05, 0.1) is 34.0 Å². The van der Waals surface area contributed by atoms with Crippen LogP contribution in [0.4, 0.5) is 4.39 Å². The van der Waals surface area contributed by atoms with E-state index in [1.807, 2.05) is 0 Å². The van der Waals surface area contributed by atoms with Crippen molar-refractivity contribution in [3.05, 3.63) is 53.3 Å². The van der Waals surface area contributed by atoms with E-state index in [0.29, 0.717) is 28.4 Å². The molecule has 0 bridgehead atoms. The molecule has 0 radical (unpaired) electrons. The van der Waals surface area contributed by atoms with Gasteiger partial charge in [0.2, 0.25) is 5.91 Å². The summed E-state index contributed by atoms with van der Waals surface area (Å²) in [6.45, 7) is 0. The lowest BCUT2D eigenvalue weighted by Gasteiger charge is -2.11. The number of hydrazone groups is 1. The fraction of sp³-hybridized carbons (Fsp3) is 0.222. The summed E-state index contributed by atoms with van der Waals surface area (Å²) in [7, 11) is 4.57. The molecule has 0 heterocycles. The van der Waals surface area contributed by atoms with Gasteiger partial charge in [-0.1, -0.05) is 12.1 Å². The van der Waals surface area contributed by atoms with Crippen molar-refractivity contribution in [3.63, 3.8) is 0 Å². The van der Waals surface area contributed by atoms with Crippen LogP contribution in [0.15, 0.2) is 41.5 Å². The molecule has 0 unspecified atom stereocenters. The predicted molar refractivity (Wildman–Crippen MR) is 91.9 cm³/mol. The number of carbonyl (C=O) groups excluding carboxylic acids is 1. The standard InChI is InChI=1S/C18H19FN2O4/c1-23-15-10-17(25-3)16(24-2)9-13(15)11-20-21-18(22)8-12-4-6-14(19)7-5-12/h4-7,9-11H,8H2,1-3H3,(H,21,22)/b20-11-. The number of ether oxygens (including phenoxy) is 3. The lowest BCUT2D eigenvalue weighted by Crippen LogP contribution is -2.19. The second-order valence-corrected chi connectivity index (χ2v) is 5.05. The van der Waals surface area contributed by atoms with E-state index in [2.05, 4.69) is 10.5 Å². The Balaban J connectivity index is 2.05. The molecule has 0 saturated heterocycles. The van der Waals surface area contributed by atoms with Crippen LogP contribution in [0.2, 0.25) is 0 Å². The van der Waals surface area contributed by atoms with E-state index >= 15 is 0 Å². The van der Waals surface area contributed by atoms with Crippen LogP contribution in [0.5, 0.6) is 17.2 Å². The maximum Gasteiger partial charge on any atom is 0.244 e. The van der Waals surface area contributed by atoms with E-state index in [1.165, 1.54) is 39.7 Å². The van der Waals surface area contributed by atoms with Crippen LogP contribution in [-0.4, -0.2) is 33.5 Å². The molecule has 0 fully saturated rings. The molecule has 25 heavy (non-hydrogen) atoms. The summed E-state index contributed by atoms with van der Waals surface area (Å²) in [6.07, 6.45) is 1.55. The maximum absolute atomic E-state index is 12.8. The molecule has 6 nitrogen and oxygen atoms in total. The molecule has 0 aliphatic carbocycles. The Labute approximate surface area is 145 Å². The van der Waals surface area contributed by atoms with Gasteiger partial charge in [0.15, 0.2) is 11.5 Å². The Hall–Kier alpha value is -3.09. The summed E-state index contributed by atoms with van der Waals surface area (Å²) in [5.41, 5.74) is 3.73. The molecule has 0 saturated carbocycles. The van der Waals surface area contributed by atoms with Crippen LogP contribution in [0.1, 0.15) is 11.1 Å². The van der Waals surface area contributed by atoms with Crippen molar-refractivity contribution < 1.29 is 23.4 Å². The fourth-order valence-corrected chi connectivity index (χ4v) is 2.15. The first-order valence-corrected chi connectivity index (χ1v) is 7.43. The van der Waals surface area contributed by atoms with Gasteiger partial charge in [0.25, 0.3) is 0 Å². The van der Waals surface area contributed by atoms with E-state index < -0.39 is 0 Å². The van der Waals surface area contributed by atoms with Crippen molar-refractivity contribution in [1.82, 2.24) is 5.43 Å². The normalized spacial score (nSPS) is 10.6. The molecule has 0 aliphatic rings. The Morgan fingerprint density at radius 1 is 1.04 bits per heavy atom. The van der Waals surface area contributed by atoms with Crippen molar-refractivity contribution in [2.24, 2.45) is 5.10 Å². The molecule has 0 aromatic heterocycles. The SMILES string of the molecule is COc1cc(OC)c(OC)cc1/C=N\NC(=O)Cc1ccc(F)cc1. The zero-order valence-corrected chi connectivity index (χ0v) is 14.2. The summed E-state index contributed by atoms with van der Waals surface area (Å²) in [4.78, 5) is 11.9. The maximum atomic E-state index is 12.8. The van der Waals surface area contributed by atoms with Crippen LogP contribution >= 0.6 is 0 Å². The first kappa shape index (κ1) is 18.3. The molecule has 0 atom stereocenters. The number of nitrogens with one attached hydrogen (secondary N) is 1. The fourth-order valence-electron chi connectivity index (χ4n) is 2.15. The van der Waals surface area contributed by atoms with Crippen molar-refractivity contribution in [3.8, 4) is 17.2 Å². The first-order valence-electron chi connectivity index (χ1n) is 7.43. The highest BCUT2D eigenvalue weighted by Gasteiger charge is 2.10. The van der Waals surface area contributed by atoms with Crippen LogP contribution in [0, 0.1) is 5.82 Å². The molecular formula is C18H19FN2O4. The zero-order chi connectivity index (χ0) is 18.2. The highest BCUT2D eigenvalue weighted by atomic mass is 19.1. The van der Waals surface area contributed by atoms with Gasteiger partial charge in [-0.05, 0) is 23.8 Å². The molecule has 2 rings (SSSR count). The smallest absolute Gasteiger partial charge is 0.244 e. The summed E-state index contributed by atoms with van der Waals surface area (Å²) < 4.78 is 28.6. The van der Waals surface area contributed by atoms with Crippen LogP contribution in [0.3, 0.4) is 0 Å². The van der Waals surface area contributed by atoms with Gasteiger partial charge in [-0.3, -0.25) is 4.79 Å². The lowest BCUT2D eigenvalue weighted by molar-refractivity contribution is -0.120. The molecule has 0 spiro atoms. The quantitative estimate of drug-likeness (QED) is 0.618. The average Bonchev–Trinajstić information content (AvgIpc) is 2.63. The molecule has 7 heteroatoms. The van der Waals surface area contributed by atoms with Gasteiger partial charge < -0.3 is 14.2 Å². The minimum Gasteiger partial charge on any atom is -0.496 e. The van der Waals surface area contributed by atoms with Crippen molar-refractivity contribution in [1.29, 1.82) is 0 Å². The van der Waals surface area contributed by atoms with Gasteiger partial charge >= 0.3 is 0 Å². The third-order valence-electron chi connectivity index (χ3n) is 3.41. The number of hydrogen-bond acceptors (Lipinski definition) is 5. The summed E-state index contributed by atoms with van der Waals surface area (Å²) in [5.74, 6) is 0.901. The second-order valence-electron chi connectivity index (χ2n) is 5.05. The monoisotopic (exact) mass is 346 g/mol. The van der Waals surface area contributed by atoms with Gasteiger partial charge in [-0.2, -0.15) is 5.10 Å². The number of benzene rings is 2. The van der Waals surface area contributed by atoms with E-state index in [-0.39, 0.29) is 18.1 Å². The van der Waals surface area contributed by atoms with Crippen LogP contribution in [-0.2, 0) is 11.2 Å². The van der Waals surface area contributed by atoms with E-state index in [1.54, 1.807) is 24.3 Å². The highest BCUT2D eigenvalue weighted by Crippen LogP contribution is 2.33. The number of nitrogens with zero attached hydrogens (tertiary/aromatic N) is 1. The number of carbonyl (C=O) groups is 1. The van der Waals surface area contributed by atoms with E-state index in [4.69, 9.17) is 14.2 Å². The topological polar surface area (TPSA) is 69.2 Å². The Morgan fingerprint density at radius 3 is 2.24 bits per heavy atom. The average molecular weight is 346 g/mol. The van der Waals surface area contributed by atoms with E-state index in [0.717, 1.165) is 0 Å². The molecule has 2 aromatic carbocycles. The number of hydrogen-bond donors (Lipinski definition) is 1. The molecule has 132 valence electrons. The lowest BCUT2D eigenvalue weighted by atomic mass is 10.1. The molecular weight excluding hydrogens is 327 g/mol. The number of halogens is 1. The summed E-state index contributed by atoms with van der Waals surface area (Å²) >= 11 is 0. The van der Waals surface area contributed by atoms with Gasteiger partial charge in [-0.15, -0.1) is 0 Å². The number of rotatable bonds is 7. The first-order chi connectivity index (χ1) is 12.1. The Kier molecular flexibility index (Phi) is 6.33. The predicted octanol–water partition coefficient (Wildman–Crippen LogP) is 2.54. The van der Waals surface area contributed by atoms with Crippen molar-refractivity contribution in [2.75, 3.05) is 21.3 Å². The summed E-state index contributed by atoms with van der Waals surface area (Å²) in [5, 5.41) is 3.92. The molecule has 0 aliphatic heterocycles. The third-order valence-corrected chi connectivity index (χ3v) is 3.41. The Morgan fingerprint density at radius 2 is 1.64 bits per heavy atom. The zero-order valence-electron chi connectivity index (χ0n) is 14.2. The summed E-state index contributed by atoms with van der Waals surface area (Å²) in [6, 6.07) is 9.07. The van der Waals surface area contributed by atoms with Gasteiger partial charge in [-0.25, -0.2) is 9.82 Å². The second kappa shape index (κ2) is 8.68. The van der Waals surface area contributed by atoms with Gasteiger partial charge in [0, 0.05) is 11.6 Å². The van der Waals surface area contributed by atoms with E-state index in [9.17, 15) is 9.18 Å². The van der Waals surface area contributed by atoms with Gasteiger partial charge in [0.1, 0.15) is 11.6 Å². The molecule has 2 aromatic rings. The largest absolute Gasteiger partial charge is 0.496 e. The van der Waals surface area contributed by atoms with Crippen molar-refractivity contribution >= 4 is 12.1 Å².